The highest BCUT2D eigenvalue weighted by Crippen LogP contribution is 2.20. The van der Waals surface area contributed by atoms with Gasteiger partial charge in [-0.2, -0.15) is 0 Å². The number of carboxylic acids is 1. The third-order valence-corrected chi connectivity index (χ3v) is 4.69. The molecule has 1 amide bonds. The summed E-state index contributed by atoms with van der Waals surface area (Å²) in [5, 5.41) is 21.6. The first-order chi connectivity index (χ1) is 12.1. The fourth-order valence-corrected chi connectivity index (χ4v) is 3.08. The van der Waals surface area contributed by atoms with Crippen molar-refractivity contribution in [2.45, 2.75) is 23.8 Å². The zero-order valence-electron chi connectivity index (χ0n) is 14.0. The Morgan fingerprint density at radius 1 is 1.12 bits per heavy atom. The third kappa shape index (κ3) is 5.68. The maximum Gasteiger partial charge on any atom is 0.335 e. The van der Waals surface area contributed by atoms with Crippen LogP contribution in [0.4, 0.5) is 5.69 Å². The number of nitrogens with one attached hydrogen (secondary N) is 1. The zero-order valence-corrected chi connectivity index (χ0v) is 14.9. The summed E-state index contributed by atoms with van der Waals surface area (Å²) in [7, 11) is -3.64. The van der Waals surface area contributed by atoms with Gasteiger partial charge in [0.15, 0.2) is 9.84 Å². The molecule has 2 rings (SSSR count). The molecule has 0 heterocycles. The monoisotopic (exact) mass is 377 g/mol. The summed E-state index contributed by atoms with van der Waals surface area (Å²) in [4.78, 5) is 23.0. The molecule has 0 aromatic heterocycles. The van der Waals surface area contributed by atoms with Gasteiger partial charge in [-0.1, -0.05) is 30.3 Å². The number of amides is 1. The number of rotatable bonds is 7. The number of hydrogen-bond acceptors (Lipinski definition) is 5. The van der Waals surface area contributed by atoms with E-state index in [1.54, 1.807) is 0 Å². The number of carbonyl (C=O) groups is 2. The van der Waals surface area contributed by atoms with Crippen LogP contribution in [0.3, 0.4) is 0 Å². The van der Waals surface area contributed by atoms with Crippen LogP contribution < -0.4 is 5.32 Å². The molecule has 0 radical (unpaired) electrons. The first-order valence-corrected chi connectivity index (χ1v) is 9.64. The van der Waals surface area contributed by atoms with E-state index in [1.165, 1.54) is 12.1 Å². The lowest BCUT2D eigenvalue weighted by Crippen LogP contribution is -2.21. The maximum atomic E-state index is 12.1. The van der Waals surface area contributed by atoms with E-state index in [1.807, 2.05) is 30.3 Å². The van der Waals surface area contributed by atoms with Gasteiger partial charge in [0, 0.05) is 11.9 Å². The summed E-state index contributed by atoms with van der Waals surface area (Å²) in [5.74, 6) is -1.86. The van der Waals surface area contributed by atoms with Gasteiger partial charge in [0.05, 0.1) is 23.0 Å². The SMILES string of the molecule is CS(=O)(=O)c1cc(NC(=O)CC(O)Cc2ccccc2)cc(C(=O)O)c1. The molecule has 26 heavy (non-hydrogen) atoms. The van der Waals surface area contributed by atoms with Crippen molar-refractivity contribution in [1.29, 1.82) is 0 Å². The number of sulfone groups is 1. The largest absolute Gasteiger partial charge is 0.478 e. The molecule has 0 saturated carbocycles. The predicted octanol–water partition coefficient (Wildman–Crippen LogP) is 1.72. The lowest BCUT2D eigenvalue weighted by Gasteiger charge is -2.12. The molecule has 0 spiro atoms. The molecule has 0 fully saturated rings. The van der Waals surface area contributed by atoms with Crippen molar-refractivity contribution in [2.24, 2.45) is 0 Å². The molecule has 2 aromatic carbocycles. The van der Waals surface area contributed by atoms with Crippen molar-refractivity contribution in [3.05, 3.63) is 59.7 Å². The maximum absolute atomic E-state index is 12.1. The van der Waals surface area contributed by atoms with Gasteiger partial charge in [-0.15, -0.1) is 0 Å². The average Bonchev–Trinajstić information content (AvgIpc) is 2.54. The standard InChI is InChI=1S/C18H19NO6S/c1-26(24,25)16-9-13(18(22)23)8-14(10-16)19-17(21)11-15(20)7-12-5-3-2-4-6-12/h2-6,8-10,15,20H,7,11H2,1H3,(H,19,21)(H,22,23). The van der Waals surface area contributed by atoms with Crippen molar-refractivity contribution in [2.75, 3.05) is 11.6 Å². The number of aliphatic hydroxyl groups is 1. The first kappa shape index (κ1) is 19.6. The van der Waals surface area contributed by atoms with Crippen LogP contribution in [0.25, 0.3) is 0 Å². The summed E-state index contributed by atoms with van der Waals surface area (Å²) < 4.78 is 23.4. The number of aromatic carboxylic acids is 1. The number of carboxylic acid groups (broad SMARTS) is 1. The van der Waals surface area contributed by atoms with Gasteiger partial charge in [-0.3, -0.25) is 4.79 Å². The highest BCUT2D eigenvalue weighted by Gasteiger charge is 2.16. The molecule has 0 bridgehead atoms. The Balaban J connectivity index is 2.10. The van der Waals surface area contributed by atoms with Gasteiger partial charge >= 0.3 is 5.97 Å². The average molecular weight is 377 g/mol. The molecule has 0 aliphatic heterocycles. The van der Waals surface area contributed by atoms with Gasteiger partial charge in [0.1, 0.15) is 0 Å². The van der Waals surface area contributed by atoms with E-state index in [2.05, 4.69) is 5.32 Å². The highest BCUT2D eigenvalue weighted by atomic mass is 32.2. The summed E-state index contributed by atoms with van der Waals surface area (Å²) in [6, 6.07) is 12.5. The molecule has 8 heteroatoms. The van der Waals surface area contributed by atoms with Crippen LogP contribution in [0.1, 0.15) is 22.3 Å². The Morgan fingerprint density at radius 2 is 1.77 bits per heavy atom. The summed E-state index contributed by atoms with van der Waals surface area (Å²) in [6.07, 6.45) is 0.108. The second-order valence-electron chi connectivity index (χ2n) is 5.92. The second kappa shape index (κ2) is 8.11. The number of hydrogen-bond donors (Lipinski definition) is 3. The van der Waals surface area contributed by atoms with Gasteiger partial charge < -0.3 is 15.5 Å². The Morgan fingerprint density at radius 3 is 2.35 bits per heavy atom. The first-order valence-electron chi connectivity index (χ1n) is 7.75. The van der Waals surface area contributed by atoms with Gasteiger partial charge in [-0.25, -0.2) is 13.2 Å². The minimum absolute atomic E-state index is 0.0437. The third-order valence-electron chi connectivity index (χ3n) is 3.60. The lowest BCUT2D eigenvalue weighted by atomic mass is 10.1. The minimum Gasteiger partial charge on any atom is -0.478 e. The fourth-order valence-electron chi connectivity index (χ4n) is 2.39. The highest BCUT2D eigenvalue weighted by molar-refractivity contribution is 7.90. The smallest absolute Gasteiger partial charge is 0.335 e. The van der Waals surface area contributed by atoms with Crippen LogP contribution in [0.15, 0.2) is 53.4 Å². The van der Waals surface area contributed by atoms with Crippen molar-refractivity contribution in [3.8, 4) is 0 Å². The van der Waals surface area contributed by atoms with Crippen molar-refractivity contribution in [1.82, 2.24) is 0 Å². The van der Waals surface area contributed by atoms with Crippen molar-refractivity contribution < 1.29 is 28.2 Å². The number of benzene rings is 2. The van der Waals surface area contributed by atoms with E-state index in [0.29, 0.717) is 0 Å². The fraction of sp³-hybridized carbons (Fsp3) is 0.222. The van der Waals surface area contributed by atoms with Crippen LogP contribution in [-0.4, -0.2) is 42.9 Å². The van der Waals surface area contributed by atoms with Crippen LogP contribution in [0.5, 0.6) is 0 Å². The normalized spacial score (nSPS) is 12.4. The molecule has 0 aliphatic carbocycles. The molecule has 0 aliphatic rings. The molecule has 1 atom stereocenters. The Kier molecular flexibility index (Phi) is 6.12. The topological polar surface area (TPSA) is 121 Å². The molecule has 0 saturated heterocycles. The van der Waals surface area contributed by atoms with Crippen LogP contribution >= 0.6 is 0 Å². The molecule has 138 valence electrons. The van der Waals surface area contributed by atoms with E-state index in [4.69, 9.17) is 5.11 Å². The molecule has 2 aromatic rings. The zero-order chi connectivity index (χ0) is 19.3. The van der Waals surface area contributed by atoms with Crippen molar-refractivity contribution >= 4 is 27.4 Å². The van der Waals surface area contributed by atoms with E-state index < -0.39 is 27.8 Å². The quantitative estimate of drug-likeness (QED) is 0.676. The molecular formula is C18H19NO6S. The van der Waals surface area contributed by atoms with Gasteiger partial charge in [0.2, 0.25) is 5.91 Å². The number of anilines is 1. The van der Waals surface area contributed by atoms with Crippen LogP contribution in [0.2, 0.25) is 0 Å². The van der Waals surface area contributed by atoms with Gasteiger partial charge in [0.25, 0.3) is 0 Å². The predicted molar refractivity (Wildman–Crippen MR) is 95.9 cm³/mol. The lowest BCUT2D eigenvalue weighted by molar-refractivity contribution is -0.118. The van der Waals surface area contributed by atoms with E-state index >= 15 is 0 Å². The second-order valence-corrected chi connectivity index (χ2v) is 7.93. The molecular weight excluding hydrogens is 358 g/mol. The van der Waals surface area contributed by atoms with Crippen LogP contribution in [-0.2, 0) is 21.1 Å². The number of carbonyl (C=O) groups excluding carboxylic acids is 1. The van der Waals surface area contributed by atoms with Crippen molar-refractivity contribution in [3.63, 3.8) is 0 Å². The summed E-state index contributed by atoms with van der Waals surface area (Å²) in [5.41, 5.74) is 0.662. The van der Waals surface area contributed by atoms with E-state index in [9.17, 15) is 23.1 Å². The number of aliphatic hydroxyl groups excluding tert-OH is 1. The van der Waals surface area contributed by atoms with E-state index in [0.717, 1.165) is 17.9 Å². The molecule has 1 unspecified atom stereocenters. The Labute approximate surface area is 151 Å². The van der Waals surface area contributed by atoms with Gasteiger partial charge in [-0.05, 0) is 30.2 Å². The summed E-state index contributed by atoms with van der Waals surface area (Å²) in [6.45, 7) is 0. The van der Waals surface area contributed by atoms with Crippen LogP contribution in [0, 0.1) is 0 Å². The summed E-state index contributed by atoms with van der Waals surface area (Å²) >= 11 is 0. The Bertz CT molecular complexity index is 909. The molecule has 3 N–H and O–H groups in total. The molecule has 7 nitrogen and oxygen atoms in total. The van der Waals surface area contributed by atoms with E-state index in [-0.39, 0.29) is 29.0 Å². The minimum atomic E-state index is -3.64. The Hall–Kier alpha value is -2.71.